The highest BCUT2D eigenvalue weighted by Gasteiger charge is 2.19. The zero-order valence-electron chi connectivity index (χ0n) is 11.0. The van der Waals surface area contributed by atoms with Crippen molar-refractivity contribution >= 4 is 0 Å². The average Bonchev–Trinajstić information content (AvgIpc) is 2.79. The first kappa shape index (κ1) is 12.1. The quantitative estimate of drug-likeness (QED) is 0.851. The van der Waals surface area contributed by atoms with Crippen molar-refractivity contribution in [3.05, 3.63) is 11.6 Å². The molecule has 1 aromatic rings. The monoisotopic (exact) mass is 249 g/mol. The third kappa shape index (κ3) is 2.72. The van der Waals surface area contributed by atoms with Crippen molar-refractivity contribution in [1.82, 2.24) is 19.7 Å². The highest BCUT2D eigenvalue weighted by atomic mass is 15.4. The van der Waals surface area contributed by atoms with E-state index >= 15 is 0 Å². The Hall–Kier alpha value is -0.940. The summed E-state index contributed by atoms with van der Waals surface area (Å²) in [6.45, 7) is 4.44. The number of hydrogen-bond acceptors (Lipinski definition) is 4. The van der Waals surface area contributed by atoms with Crippen molar-refractivity contribution in [2.24, 2.45) is 5.73 Å². The standard InChI is InChI=1S/C13H23N5/c14-11-4-5-13-15-12(16-18(13)10-11)6-9-17-7-2-1-3-8-17/h11H,1-10,14H2. The first-order valence-electron chi connectivity index (χ1n) is 7.22. The summed E-state index contributed by atoms with van der Waals surface area (Å²) in [4.78, 5) is 7.18. The molecule has 100 valence electrons. The van der Waals surface area contributed by atoms with E-state index in [2.05, 4.69) is 15.0 Å². The van der Waals surface area contributed by atoms with Crippen molar-refractivity contribution in [2.45, 2.75) is 51.1 Å². The molecular formula is C13H23N5. The molecule has 1 unspecified atom stereocenters. The summed E-state index contributed by atoms with van der Waals surface area (Å²) in [7, 11) is 0. The molecule has 0 aromatic carbocycles. The molecule has 1 saturated heterocycles. The van der Waals surface area contributed by atoms with Crippen LogP contribution in [-0.2, 0) is 19.4 Å². The molecule has 18 heavy (non-hydrogen) atoms. The minimum atomic E-state index is 0.258. The molecule has 3 heterocycles. The highest BCUT2D eigenvalue weighted by molar-refractivity contribution is 4.98. The molecule has 0 bridgehead atoms. The van der Waals surface area contributed by atoms with E-state index in [1.807, 2.05) is 4.68 Å². The second-order valence-corrected chi connectivity index (χ2v) is 5.58. The van der Waals surface area contributed by atoms with Crippen LogP contribution in [0.4, 0.5) is 0 Å². The third-order valence-corrected chi connectivity index (χ3v) is 4.04. The van der Waals surface area contributed by atoms with Crippen LogP contribution in [0, 0.1) is 0 Å². The van der Waals surface area contributed by atoms with Gasteiger partial charge in [-0.05, 0) is 32.4 Å². The van der Waals surface area contributed by atoms with Gasteiger partial charge in [-0.15, -0.1) is 0 Å². The van der Waals surface area contributed by atoms with Crippen molar-refractivity contribution in [1.29, 1.82) is 0 Å². The number of nitrogens with two attached hydrogens (primary N) is 1. The van der Waals surface area contributed by atoms with Crippen LogP contribution in [0.3, 0.4) is 0 Å². The number of aromatic nitrogens is 3. The topological polar surface area (TPSA) is 60.0 Å². The fourth-order valence-corrected chi connectivity index (χ4v) is 2.93. The zero-order valence-corrected chi connectivity index (χ0v) is 11.0. The lowest BCUT2D eigenvalue weighted by atomic mass is 10.1. The lowest BCUT2D eigenvalue weighted by Crippen LogP contribution is -2.32. The fourth-order valence-electron chi connectivity index (χ4n) is 2.93. The number of fused-ring (bicyclic) bond motifs is 1. The fraction of sp³-hybridized carbons (Fsp3) is 0.846. The van der Waals surface area contributed by atoms with Crippen LogP contribution in [-0.4, -0.2) is 45.3 Å². The summed E-state index contributed by atoms with van der Waals surface area (Å²) in [5.74, 6) is 2.13. The Morgan fingerprint density at radius 1 is 1.22 bits per heavy atom. The van der Waals surface area contributed by atoms with E-state index in [0.717, 1.165) is 44.0 Å². The zero-order chi connectivity index (χ0) is 12.4. The van der Waals surface area contributed by atoms with Gasteiger partial charge in [0.05, 0.1) is 6.54 Å². The molecule has 2 aliphatic heterocycles. The Kier molecular flexibility index (Phi) is 3.61. The summed E-state index contributed by atoms with van der Waals surface area (Å²) in [5.41, 5.74) is 5.95. The van der Waals surface area contributed by atoms with Gasteiger partial charge in [-0.25, -0.2) is 9.67 Å². The van der Waals surface area contributed by atoms with E-state index in [1.165, 1.54) is 32.4 Å². The maximum Gasteiger partial charge on any atom is 0.152 e. The first-order chi connectivity index (χ1) is 8.81. The average molecular weight is 249 g/mol. The number of rotatable bonds is 3. The molecule has 0 amide bonds. The summed E-state index contributed by atoms with van der Waals surface area (Å²) in [6, 6.07) is 0.258. The van der Waals surface area contributed by atoms with Crippen LogP contribution in [0.15, 0.2) is 0 Å². The predicted octanol–water partition coefficient (Wildman–Crippen LogP) is 0.580. The molecule has 3 rings (SSSR count). The van der Waals surface area contributed by atoms with E-state index in [9.17, 15) is 0 Å². The molecule has 2 N–H and O–H groups in total. The molecule has 0 spiro atoms. The number of likely N-dealkylation sites (tertiary alicyclic amines) is 1. The summed E-state index contributed by atoms with van der Waals surface area (Å²) < 4.78 is 2.01. The molecule has 0 radical (unpaired) electrons. The summed E-state index contributed by atoms with van der Waals surface area (Å²) >= 11 is 0. The Bertz CT molecular complexity index is 394. The van der Waals surface area contributed by atoms with Crippen LogP contribution in [0.2, 0.25) is 0 Å². The van der Waals surface area contributed by atoms with Gasteiger partial charge < -0.3 is 10.6 Å². The maximum absolute atomic E-state index is 5.95. The van der Waals surface area contributed by atoms with E-state index in [-0.39, 0.29) is 6.04 Å². The molecule has 1 aromatic heterocycles. The van der Waals surface area contributed by atoms with Gasteiger partial charge in [-0.1, -0.05) is 6.42 Å². The van der Waals surface area contributed by atoms with Gasteiger partial charge in [0.25, 0.3) is 0 Å². The number of piperidine rings is 1. The van der Waals surface area contributed by atoms with Crippen LogP contribution >= 0.6 is 0 Å². The first-order valence-corrected chi connectivity index (χ1v) is 7.22. The third-order valence-electron chi connectivity index (χ3n) is 4.04. The minimum absolute atomic E-state index is 0.258. The van der Waals surface area contributed by atoms with E-state index < -0.39 is 0 Å². The molecule has 5 heteroatoms. The van der Waals surface area contributed by atoms with Crippen molar-refractivity contribution in [3.63, 3.8) is 0 Å². The lowest BCUT2D eigenvalue weighted by Gasteiger charge is -2.25. The predicted molar refractivity (Wildman–Crippen MR) is 70.3 cm³/mol. The molecule has 2 aliphatic rings. The molecule has 1 atom stereocenters. The lowest BCUT2D eigenvalue weighted by molar-refractivity contribution is 0.230. The molecule has 1 fully saturated rings. The minimum Gasteiger partial charge on any atom is -0.326 e. The molecule has 0 saturated carbocycles. The number of hydrogen-bond donors (Lipinski definition) is 1. The Balaban J connectivity index is 1.56. The second kappa shape index (κ2) is 5.36. The largest absolute Gasteiger partial charge is 0.326 e. The van der Waals surface area contributed by atoms with Gasteiger partial charge in [0.1, 0.15) is 5.82 Å². The Labute approximate surface area is 108 Å². The number of aryl methyl sites for hydroxylation is 1. The van der Waals surface area contributed by atoms with Crippen LogP contribution in [0.1, 0.15) is 37.3 Å². The van der Waals surface area contributed by atoms with Gasteiger partial charge >= 0.3 is 0 Å². The Morgan fingerprint density at radius 3 is 2.89 bits per heavy atom. The van der Waals surface area contributed by atoms with Gasteiger partial charge in [0.15, 0.2) is 5.82 Å². The summed E-state index contributed by atoms with van der Waals surface area (Å²) in [6.07, 6.45) is 7.10. The van der Waals surface area contributed by atoms with Crippen LogP contribution < -0.4 is 5.73 Å². The van der Waals surface area contributed by atoms with E-state index in [0.29, 0.717) is 0 Å². The Morgan fingerprint density at radius 2 is 2.06 bits per heavy atom. The van der Waals surface area contributed by atoms with Gasteiger partial charge in [-0.3, -0.25) is 0 Å². The van der Waals surface area contributed by atoms with Gasteiger partial charge in [0, 0.05) is 25.4 Å². The highest BCUT2D eigenvalue weighted by Crippen LogP contribution is 2.13. The SMILES string of the molecule is NC1CCc2nc(CCN3CCCCC3)nn2C1. The van der Waals surface area contributed by atoms with E-state index in [4.69, 9.17) is 5.73 Å². The van der Waals surface area contributed by atoms with Gasteiger partial charge in [-0.2, -0.15) is 5.10 Å². The van der Waals surface area contributed by atoms with Crippen molar-refractivity contribution in [3.8, 4) is 0 Å². The van der Waals surface area contributed by atoms with E-state index in [1.54, 1.807) is 0 Å². The summed E-state index contributed by atoms with van der Waals surface area (Å²) in [5, 5.41) is 4.58. The van der Waals surface area contributed by atoms with Crippen molar-refractivity contribution < 1.29 is 0 Å². The molecular weight excluding hydrogens is 226 g/mol. The smallest absolute Gasteiger partial charge is 0.152 e. The maximum atomic E-state index is 5.95. The van der Waals surface area contributed by atoms with Crippen LogP contribution in [0.5, 0.6) is 0 Å². The normalized spacial score (nSPS) is 25.1. The van der Waals surface area contributed by atoms with Crippen LogP contribution in [0.25, 0.3) is 0 Å². The number of nitrogens with zero attached hydrogens (tertiary/aromatic N) is 4. The molecule has 5 nitrogen and oxygen atoms in total. The second-order valence-electron chi connectivity index (χ2n) is 5.58. The van der Waals surface area contributed by atoms with Gasteiger partial charge in [0.2, 0.25) is 0 Å². The van der Waals surface area contributed by atoms with Crippen molar-refractivity contribution in [2.75, 3.05) is 19.6 Å². The molecule has 0 aliphatic carbocycles.